The van der Waals surface area contributed by atoms with E-state index in [9.17, 15) is 0 Å². The molecule has 0 bridgehead atoms. The van der Waals surface area contributed by atoms with Gasteiger partial charge in [0.15, 0.2) is 0 Å². The van der Waals surface area contributed by atoms with Crippen LogP contribution in [0.2, 0.25) is 0 Å². The van der Waals surface area contributed by atoms with Crippen molar-refractivity contribution in [1.82, 2.24) is 9.88 Å². The lowest BCUT2D eigenvalue weighted by Gasteiger charge is -2.07. The lowest BCUT2D eigenvalue weighted by atomic mass is 10.1. The Bertz CT molecular complexity index is 525. The van der Waals surface area contributed by atoms with Gasteiger partial charge >= 0.3 is 0 Å². The molecule has 0 unspecified atom stereocenters. The molecule has 0 saturated carbocycles. The van der Waals surface area contributed by atoms with E-state index in [0.717, 1.165) is 13.1 Å². The third kappa shape index (κ3) is 3.86. The Balaban J connectivity index is 2.08. The quantitative estimate of drug-likeness (QED) is 0.706. The molecule has 2 rings (SSSR count). The van der Waals surface area contributed by atoms with E-state index in [1.807, 2.05) is 0 Å². The predicted octanol–water partition coefficient (Wildman–Crippen LogP) is 4.37. The first-order valence-corrected chi connectivity index (χ1v) is 8.02. The smallest absolute Gasteiger partial charge is 0.0483 e. The third-order valence-corrected chi connectivity index (χ3v) is 3.80. The number of hydrogen-bond donors (Lipinski definition) is 1. The minimum atomic E-state index is 0.584. The van der Waals surface area contributed by atoms with Crippen LogP contribution in [0.15, 0.2) is 30.5 Å². The minimum Gasteiger partial charge on any atom is -0.347 e. The van der Waals surface area contributed by atoms with Gasteiger partial charge < -0.3 is 9.88 Å². The lowest BCUT2D eigenvalue weighted by molar-refractivity contribution is 0.570. The zero-order chi connectivity index (χ0) is 14.4. The van der Waals surface area contributed by atoms with Crippen molar-refractivity contribution in [2.45, 2.75) is 59.0 Å². The summed E-state index contributed by atoms with van der Waals surface area (Å²) in [5.41, 5.74) is 2.90. The highest BCUT2D eigenvalue weighted by Crippen LogP contribution is 2.23. The van der Waals surface area contributed by atoms with Crippen LogP contribution < -0.4 is 5.32 Å². The molecule has 0 amide bonds. The van der Waals surface area contributed by atoms with E-state index in [2.05, 4.69) is 61.1 Å². The molecule has 0 aliphatic rings. The first-order valence-electron chi connectivity index (χ1n) is 8.02. The van der Waals surface area contributed by atoms with E-state index < -0.39 is 0 Å². The number of nitrogens with zero attached hydrogens (tertiary/aromatic N) is 1. The largest absolute Gasteiger partial charge is 0.347 e. The van der Waals surface area contributed by atoms with Gasteiger partial charge in [-0.15, -0.1) is 0 Å². The summed E-state index contributed by atoms with van der Waals surface area (Å²) >= 11 is 0. The molecule has 2 aromatic rings. The van der Waals surface area contributed by atoms with Gasteiger partial charge in [-0.3, -0.25) is 0 Å². The van der Waals surface area contributed by atoms with Crippen molar-refractivity contribution in [3.63, 3.8) is 0 Å². The molecule has 0 fully saturated rings. The van der Waals surface area contributed by atoms with Crippen LogP contribution in [-0.4, -0.2) is 17.2 Å². The fourth-order valence-electron chi connectivity index (χ4n) is 2.71. The average Bonchev–Trinajstić information content (AvgIpc) is 2.80. The molecule has 1 aromatic heterocycles. The summed E-state index contributed by atoms with van der Waals surface area (Å²) < 4.78 is 2.43. The number of fused-ring (bicyclic) bond motifs is 1. The number of nitrogens with one attached hydrogen (secondary N) is 1. The number of para-hydroxylation sites is 1. The Hall–Kier alpha value is -1.28. The Morgan fingerprint density at radius 3 is 2.70 bits per heavy atom. The first-order chi connectivity index (χ1) is 9.72. The van der Waals surface area contributed by atoms with E-state index in [1.165, 1.54) is 42.1 Å². The van der Waals surface area contributed by atoms with Crippen LogP contribution in [0.4, 0.5) is 0 Å². The molecule has 0 aliphatic carbocycles. The SMILES string of the molecule is CCCCn1cc(CCCNC(C)C)c2ccccc21. The Labute approximate surface area is 123 Å². The molecule has 0 atom stereocenters. The van der Waals surface area contributed by atoms with Gasteiger partial charge in [-0.05, 0) is 37.4 Å². The fourth-order valence-corrected chi connectivity index (χ4v) is 2.71. The van der Waals surface area contributed by atoms with Gasteiger partial charge in [0.25, 0.3) is 0 Å². The van der Waals surface area contributed by atoms with Crippen molar-refractivity contribution >= 4 is 10.9 Å². The highest BCUT2D eigenvalue weighted by Gasteiger charge is 2.07. The van der Waals surface area contributed by atoms with Gasteiger partial charge in [-0.1, -0.05) is 45.4 Å². The van der Waals surface area contributed by atoms with Crippen molar-refractivity contribution in [2.24, 2.45) is 0 Å². The van der Waals surface area contributed by atoms with E-state index >= 15 is 0 Å². The van der Waals surface area contributed by atoms with Gasteiger partial charge in [0.05, 0.1) is 0 Å². The number of unbranched alkanes of at least 4 members (excludes halogenated alkanes) is 1. The van der Waals surface area contributed by atoms with Crippen LogP contribution in [0, 0.1) is 0 Å². The van der Waals surface area contributed by atoms with E-state index in [-0.39, 0.29) is 0 Å². The number of aromatic nitrogens is 1. The van der Waals surface area contributed by atoms with E-state index in [0.29, 0.717) is 6.04 Å². The molecule has 20 heavy (non-hydrogen) atoms. The Morgan fingerprint density at radius 1 is 1.15 bits per heavy atom. The standard InChI is InChI=1S/C18H28N2/c1-4-5-13-20-14-16(9-8-12-19-15(2)3)17-10-6-7-11-18(17)20/h6-7,10-11,14-15,19H,4-5,8-9,12-13H2,1-3H3. The summed E-state index contributed by atoms with van der Waals surface area (Å²) in [6.45, 7) is 8.91. The predicted molar refractivity (Wildman–Crippen MR) is 88.3 cm³/mol. The van der Waals surface area contributed by atoms with Crippen molar-refractivity contribution in [1.29, 1.82) is 0 Å². The molecule has 2 nitrogen and oxygen atoms in total. The second kappa shape index (κ2) is 7.49. The second-order valence-electron chi connectivity index (χ2n) is 5.93. The molecule has 1 aromatic carbocycles. The Morgan fingerprint density at radius 2 is 1.95 bits per heavy atom. The van der Waals surface area contributed by atoms with Gasteiger partial charge in [-0.2, -0.15) is 0 Å². The molecule has 0 spiro atoms. The molecule has 1 heterocycles. The average molecular weight is 272 g/mol. The molecular formula is C18H28N2. The number of benzene rings is 1. The summed E-state index contributed by atoms with van der Waals surface area (Å²) in [4.78, 5) is 0. The summed E-state index contributed by atoms with van der Waals surface area (Å²) in [5.74, 6) is 0. The molecule has 2 heteroatoms. The monoisotopic (exact) mass is 272 g/mol. The van der Waals surface area contributed by atoms with Gasteiger partial charge in [0.2, 0.25) is 0 Å². The summed E-state index contributed by atoms with van der Waals surface area (Å²) in [5, 5.41) is 4.94. The van der Waals surface area contributed by atoms with Crippen LogP contribution in [0.25, 0.3) is 10.9 Å². The topological polar surface area (TPSA) is 17.0 Å². The number of aryl methyl sites for hydroxylation is 2. The molecule has 0 aliphatic heterocycles. The van der Waals surface area contributed by atoms with Crippen molar-refractivity contribution in [2.75, 3.05) is 6.54 Å². The molecule has 0 radical (unpaired) electrons. The van der Waals surface area contributed by atoms with Crippen LogP contribution in [0.5, 0.6) is 0 Å². The molecular weight excluding hydrogens is 244 g/mol. The molecule has 1 N–H and O–H groups in total. The van der Waals surface area contributed by atoms with Crippen molar-refractivity contribution in [3.05, 3.63) is 36.0 Å². The van der Waals surface area contributed by atoms with Crippen LogP contribution in [0.1, 0.15) is 45.6 Å². The zero-order valence-electron chi connectivity index (χ0n) is 13.2. The maximum Gasteiger partial charge on any atom is 0.0483 e. The van der Waals surface area contributed by atoms with Crippen LogP contribution in [-0.2, 0) is 13.0 Å². The second-order valence-corrected chi connectivity index (χ2v) is 5.93. The third-order valence-electron chi connectivity index (χ3n) is 3.80. The van der Waals surface area contributed by atoms with Crippen LogP contribution >= 0.6 is 0 Å². The normalized spacial score (nSPS) is 11.6. The van der Waals surface area contributed by atoms with Crippen molar-refractivity contribution in [3.8, 4) is 0 Å². The summed E-state index contributed by atoms with van der Waals surface area (Å²) in [7, 11) is 0. The number of rotatable bonds is 8. The van der Waals surface area contributed by atoms with Gasteiger partial charge in [-0.25, -0.2) is 0 Å². The maximum absolute atomic E-state index is 3.50. The maximum atomic E-state index is 3.50. The lowest BCUT2D eigenvalue weighted by Crippen LogP contribution is -2.23. The summed E-state index contributed by atoms with van der Waals surface area (Å²) in [6, 6.07) is 9.40. The van der Waals surface area contributed by atoms with E-state index in [4.69, 9.17) is 0 Å². The fraction of sp³-hybridized carbons (Fsp3) is 0.556. The highest BCUT2D eigenvalue weighted by atomic mass is 15.0. The minimum absolute atomic E-state index is 0.584. The summed E-state index contributed by atoms with van der Waals surface area (Å²) in [6.07, 6.45) is 7.25. The van der Waals surface area contributed by atoms with Gasteiger partial charge in [0, 0.05) is 29.7 Å². The number of hydrogen-bond acceptors (Lipinski definition) is 1. The highest BCUT2D eigenvalue weighted by molar-refractivity contribution is 5.83. The van der Waals surface area contributed by atoms with Crippen LogP contribution in [0.3, 0.4) is 0 Å². The molecule has 0 saturated heterocycles. The van der Waals surface area contributed by atoms with Gasteiger partial charge in [0.1, 0.15) is 0 Å². The first kappa shape index (κ1) is 15.1. The van der Waals surface area contributed by atoms with Crippen molar-refractivity contribution < 1.29 is 0 Å². The zero-order valence-corrected chi connectivity index (χ0v) is 13.2. The Kier molecular flexibility index (Phi) is 5.66. The van der Waals surface area contributed by atoms with E-state index in [1.54, 1.807) is 0 Å². The molecule has 110 valence electrons.